The van der Waals surface area contributed by atoms with Crippen molar-refractivity contribution in [2.45, 2.75) is 103 Å². The van der Waals surface area contributed by atoms with Crippen LogP contribution in [-0.4, -0.2) is 60.1 Å². The summed E-state index contributed by atoms with van der Waals surface area (Å²) in [5.74, 6) is 0.598. The highest BCUT2D eigenvalue weighted by atomic mass is 32.2. The summed E-state index contributed by atoms with van der Waals surface area (Å²) in [6.45, 7) is 5.67. The third-order valence-electron chi connectivity index (χ3n) is 5.80. The van der Waals surface area contributed by atoms with Gasteiger partial charge in [0, 0.05) is 31.1 Å². The summed E-state index contributed by atoms with van der Waals surface area (Å²) in [5.41, 5.74) is 0. The minimum absolute atomic E-state index is 0.0367. The third-order valence-corrected chi connectivity index (χ3v) is 6.84. The maximum atomic E-state index is 11.7. The standard InChI is InChI=1S/C26H45NO5S/c1-3-5-6-7-8-9-10-11-12-14-23(4-2)31-19-13-21-33-22-20-32-26(30)17-18-27-24(28)15-16-25(27)29/h15-16,23H,3-14,17-22H2,1-2H3. The lowest BCUT2D eigenvalue weighted by molar-refractivity contribution is -0.144. The Kier molecular flexibility index (Phi) is 18.1. The van der Waals surface area contributed by atoms with Crippen LogP contribution in [-0.2, 0) is 23.9 Å². The summed E-state index contributed by atoms with van der Waals surface area (Å²) >= 11 is 1.75. The lowest BCUT2D eigenvalue weighted by Crippen LogP contribution is -2.32. The summed E-state index contributed by atoms with van der Waals surface area (Å²) in [6.07, 6.45) is 18.3. The fourth-order valence-corrected chi connectivity index (χ4v) is 4.47. The van der Waals surface area contributed by atoms with Crippen LogP contribution < -0.4 is 0 Å². The normalized spacial score (nSPS) is 14.3. The van der Waals surface area contributed by atoms with Crippen molar-refractivity contribution < 1.29 is 23.9 Å². The summed E-state index contributed by atoms with van der Waals surface area (Å²) < 4.78 is 11.2. The zero-order valence-electron chi connectivity index (χ0n) is 20.9. The Bertz CT molecular complexity index is 563. The highest BCUT2D eigenvalue weighted by molar-refractivity contribution is 7.99. The van der Waals surface area contributed by atoms with Crippen LogP contribution in [0.4, 0.5) is 0 Å². The SMILES string of the molecule is CCCCCCCCCCCC(CC)OCCCSCCOC(=O)CCN1C(=O)C=CC1=O. The second-order valence-corrected chi connectivity index (χ2v) is 9.84. The number of ether oxygens (including phenoxy) is 2. The van der Waals surface area contributed by atoms with Crippen LogP contribution in [0, 0.1) is 0 Å². The summed E-state index contributed by atoms with van der Waals surface area (Å²) in [5, 5.41) is 0. The van der Waals surface area contributed by atoms with E-state index in [0.717, 1.165) is 35.9 Å². The van der Waals surface area contributed by atoms with Crippen molar-refractivity contribution in [3.8, 4) is 0 Å². The van der Waals surface area contributed by atoms with E-state index in [1.165, 1.54) is 76.4 Å². The summed E-state index contributed by atoms with van der Waals surface area (Å²) in [4.78, 5) is 35.6. The van der Waals surface area contributed by atoms with Gasteiger partial charge in [0.05, 0.1) is 12.5 Å². The van der Waals surface area contributed by atoms with Crippen molar-refractivity contribution in [2.75, 3.05) is 31.3 Å². The van der Waals surface area contributed by atoms with Gasteiger partial charge < -0.3 is 9.47 Å². The Balaban J connectivity index is 1.88. The van der Waals surface area contributed by atoms with Gasteiger partial charge in [-0.25, -0.2) is 0 Å². The average Bonchev–Trinajstić information content (AvgIpc) is 3.13. The zero-order chi connectivity index (χ0) is 24.2. The second-order valence-electron chi connectivity index (χ2n) is 8.62. The highest BCUT2D eigenvalue weighted by Gasteiger charge is 2.23. The second kappa shape index (κ2) is 20.1. The number of rotatable bonds is 22. The minimum Gasteiger partial charge on any atom is -0.465 e. The predicted octanol–water partition coefficient (Wildman–Crippen LogP) is 5.68. The monoisotopic (exact) mass is 483 g/mol. The van der Waals surface area contributed by atoms with Gasteiger partial charge in [-0.3, -0.25) is 19.3 Å². The molecule has 0 bridgehead atoms. The molecule has 1 aliphatic rings. The number of thioether (sulfide) groups is 1. The maximum absolute atomic E-state index is 11.7. The minimum atomic E-state index is -0.381. The molecule has 190 valence electrons. The first-order valence-electron chi connectivity index (χ1n) is 13.0. The first-order valence-corrected chi connectivity index (χ1v) is 14.1. The molecular formula is C26H45NO5S. The van der Waals surface area contributed by atoms with Crippen molar-refractivity contribution in [1.29, 1.82) is 0 Å². The summed E-state index contributed by atoms with van der Waals surface area (Å²) in [6, 6.07) is 0. The molecule has 1 rings (SSSR count). The lowest BCUT2D eigenvalue weighted by atomic mass is 10.0. The predicted molar refractivity (Wildman–Crippen MR) is 135 cm³/mol. The van der Waals surface area contributed by atoms with Crippen molar-refractivity contribution >= 4 is 29.5 Å². The molecule has 0 saturated carbocycles. The molecule has 1 atom stereocenters. The molecule has 0 aromatic carbocycles. The number of carbonyl (C=O) groups excluding carboxylic acids is 3. The van der Waals surface area contributed by atoms with E-state index in [0.29, 0.717) is 12.7 Å². The van der Waals surface area contributed by atoms with Crippen LogP contribution in [0.2, 0.25) is 0 Å². The van der Waals surface area contributed by atoms with E-state index in [-0.39, 0.29) is 30.7 Å². The van der Waals surface area contributed by atoms with E-state index in [1.54, 1.807) is 11.8 Å². The molecule has 0 radical (unpaired) electrons. The molecule has 1 heterocycles. The van der Waals surface area contributed by atoms with Gasteiger partial charge in [0.25, 0.3) is 11.8 Å². The fraction of sp³-hybridized carbons (Fsp3) is 0.808. The van der Waals surface area contributed by atoms with Crippen molar-refractivity contribution in [1.82, 2.24) is 4.90 Å². The average molecular weight is 484 g/mol. The van der Waals surface area contributed by atoms with E-state index >= 15 is 0 Å². The van der Waals surface area contributed by atoms with Gasteiger partial charge in [-0.15, -0.1) is 0 Å². The Hall–Kier alpha value is -1.34. The van der Waals surface area contributed by atoms with Crippen LogP contribution in [0.3, 0.4) is 0 Å². The molecule has 33 heavy (non-hydrogen) atoms. The van der Waals surface area contributed by atoms with Crippen molar-refractivity contribution in [2.24, 2.45) is 0 Å². The number of amides is 2. The molecule has 0 aromatic rings. The largest absolute Gasteiger partial charge is 0.465 e. The van der Waals surface area contributed by atoms with E-state index in [9.17, 15) is 14.4 Å². The molecule has 7 heteroatoms. The molecule has 0 aliphatic carbocycles. The Morgan fingerprint density at radius 1 is 0.879 bits per heavy atom. The smallest absolute Gasteiger partial charge is 0.307 e. The number of esters is 1. The quantitative estimate of drug-likeness (QED) is 0.112. The van der Waals surface area contributed by atoms with Crippen molar-refractivity contribution in [3.05, 3.63) is 12.2 Å². The zero-order valence-corrected chi connectivity index (χ0v) is 21.7. The first-order chi connectivity index (χ1) is 16.1. The topological polar surface area (TPSA) is 72.9 Å². The Morgan fingerprint density at radius 2 is 1.52 bits per heavy atom. The number of hydrogen-bond donors (Lipinski definition) is 0. The van der Waals surface area contributed by atoms with Gasteiger partial charge in [-0.2, -0.15) is 11.8 Å². The van der Waals surface area contributed by atoms with E-state index in [4.69, 9.17) is 9.47 Å². The molecule has 0 spiro atoms. The fourth-order valence-electron chi connectivity index (χ4n) is 3.74. The molecular weight excluding hydrogens is 438 g/mol. The van der Waals surface area contributed by atoms with Gasteiger partial charge in [0.2, 0.25) is 0 Å². The van der Waals surface area contributed by atoms with Crippen LogP contribution in [0.25, 0.3) is 0 Å². The third kappa shape index (κ3) is 15.2. The molecule has 0 aromatic heterocycles. The van der Waals surface area contributed by atoms with Crippen LogP contribution >= 0.6 is 11.8 Å². The first kappa shape index (κ1) is 29.7. The van der Waals surface area contributed by atoms with Gasteiger partial charge in [-0.1, -0.05) is 71.6 Å². The van der Waals surface area contributed by atoms with Crippen LogP contribution in [0.15, 0.2) is 12.2 Å². The van der Waals surface area contributed by atoms with Crippen molar-refractivity contribution in [3.63, 3.8) is 0 Å². The number of nitrogens with zero attached hydrogens (tertiary/aromatic N) is 1. The Morgan fingerprint density at radius 3 is 2.15 bits per heavy atom. The van der Waals surface area contributed by atoms with Gasteiger partial charge in [0.1, 0.15) is 6.61 Å². The van der Waals surface area contributed by atoms with Crippen LogP contribution in [0.1, 0.15) is 97.3 Å². The maximum Gasteiger partial charge on any atom is 0.307 e. The molecule has 0 N–H and O–H groups in total. The summed E-state index contributed by atoms with van der Waals surface area (Å²) in [7, 11) is 0. The van der Waals surface area contributed by atoms with Gasteiger partial charge >= 0.3 is 5.97 Å². The molecule has 6 nitrogen and oxygen atoms in total. The highest BCUT2D eigenvalue weighted by Crippen LogP contribution is 2.14. The number of unbranched alkanes of at least 4 members (excludes halogenated alkanes) is 8. The molecule has 1 unspecified atom stereocenters. The van der Waals surface area contributed by atoms with E-state index in [2.05, 4.69) is 13.8 Å². The Labute approximate surface area is 205 Å². The molecule has 0 saturated heterocycles. The number of hydrogen-bond acceptors (Lipinski definition) is 6. The molecule has 0 fully saturated rings. The number of imide groups is 1. The lowest BCUT2D eigenvalue weighted by Gasteiger charge is -2.16. The van der Waals surface area contributed by atoms with Gasteiger partial charge in [0.15, 0.2) is 0 Å². The molecule has 1 aliphatic heterocycles. The van der Waals surface area contributed by atoms with Crippen LogP contribution in [0.5, 0.6) is 0 Å². The molecule has 2 amide bonds. The number of carbonyl (C=O) groups is 3. The van der Waals surface area contributed by atoms with E-state index < -0.39 is 0 Å². The van der Waals surface area contributed by atoms with E-state index in [1.807, 2.05) is 0 Å². The van der Waals surface area contributed by atoms with Gasteiger partial charge in [-0.05, 0) is 25.0 Å².